The van der Waals surface area contributed by atoms with E-state index in [4.69, 9.17) is 9.47 Å². The van der Waals surface area contributed by atoms with Crippen molar-refractivity contribution >= 4 is 0 Å². The molecule has 1 unspecified atom stereocenters. The molecule has 0 saturated carbocycles. The molecule has 0 radical (unpaired) electrons. The summed E-state index contributed by atoms with van der Waals surface area (Å²) in [5, 5.41) is 0. The first-order valence-electron chi connectivity index (χ1n) is 5.76. The lowest BCUT2D eigenvalue weighted by molar-refractivity contribution is -0.184. The largest absolute Gasteiger partial charge is 0.411 e. The summed E-state index contributed by atoms with van der Waals surface area (Å²) in [6, 6.07) is 0. The summed E-state index contributed by atoms with van der Waals surface area (Å²) < 4.78 is 46.2. The minimum atomic E-state index is -4.26. The molecule has 0 aliphatic rings. The third kappa shape index (κ3) is 9.41. The maximum Gasteiger partial charge on any atom is 0.411 e. The van der Waals surface area contributed by atoms with Crippen LogP contribution in [0, 0.1) is 5.41 Å². The van der Waals surface area contributed by atoms with Crippen LogP contribution in [-0.2, 0) is 9.47 Å². The summed E-state index contributed by atoms with van der Waals surface area (Å²) in [6.07, 6.45) is -3.56. The van der Waals surface area contributed by atoms with Crippen LogP contribution in [0.5, 0.6) is 0 Å². The van der Waals surface area contributed by atoms with E-state index >= 15 is 0 Å². The number of hydrogen-bond acceptors (Lipinski definition) is 2. The van der Waals surface area contributed by atoms with Crippen molar-refractivity contribution < 1.29 is 22.6 Å². The first-order valence-corrected chi connectivity index (χ1v) is 5.76. The van der Waals surface area contributed by atoms with Gasteiger partial charge >= 0.3 is 6.18 Å². The van der Waals surface area contributed by atoms with Crippen LogP contribution in [0.25, 0.3) is 0 Å². The Labute approximate surface area is 101 Å². The van der Waals surface area contributed by atoms with Crippen LogP contribution in [0.2, 0.25) is 0 Å². The molecular formula is C12H23F3O2. The molecule has 0 rings (SSSR count). The Morgan fingerprint density at radius 2 is 1.41 bits per heavy atom. The third-order valence-corrected chi connectivity index (χ3v) is 2.42. The molecule has 0 heterocycles. The van der Waals surface area contributed by atoms with E-state index in [1.54, 1.807) is 0 Å². The zero-order chi connectivity index (χ0) is 13.7. The Morgan fingerprint density at radius 1 is 0.882 bits per heavy atom. The van der Waals surface area contributed by atoms with Crippen molar-refractivity contribution in [1.82, 2.24) is 0 Å². The monoisotopic (exact) mass is 256 g/mol. The molecule has 104 valence electrons. The van der Waals surface area contributed by atoms with E-state index in [1.807, 2.05) is 34.6 Å². The lowest BCUT2D eigenvalue weighted by atomic mass is 9.89. The molecule has 0 amide bonds. The van der Waals surface area contributed by atoms with Crippen molar-refractivity contribution in [2.75, 3.05) is 19.8 Å². The Bertz CT molecular complexity index is 221. The highest BCUT2D eigenvalue weighted by atomic mass is 19.4. The summed E-state index contributed by atoms with van der Waals surface area (Å²) >= 11 is 0. The Hall–Kier alpha value is -0.290. The zero-order valence-electron chi connectivity index (χ0n) is 11.3. The van der Waals surface area contributed by atoms with Gasteiger partial charge in [0.1, 0.15) is 6.61 Å². The van der Waals surface area contributed by atoms with Crippen molar-refractivity contribution in [1.29, 1.82) is 0 Å². The highest BCUT2D eigenvalue weighted by Crippen LogP contribution is 2.25. The first-order chi connectivity index (χ1) is 7.47. The van der Waals surface area contributed by atoms with Gasteiger partial charge in [0, 0.05) is 5.41 Å². The van der Waals surface area contributed by atoms with E-state index in [0.29, 0.717) is 13.0 Å². The van der Waals surface area contributed by atoms with Crippen LogP contribution in [0.4, 0.5) is 13.2 Å². The van der Waals surface area contributed by atoms with Gasteiger partial charge in [0.2, 0.25) is 0 Å². The number of alkyl halides is 3. The molecule has 0 aliphatic heterocycles. The Balaban J connectivity index is 4.10. The van der Waals surface area contributed by atoms with Crippen LogP contribution in [0.1, 0.15) is 41.0 Å². The standard InChI is InChI=1S/C12H23F3O2/c1-6-11(5,8-17-10(2,3)4)7-16-9-12(13,14)15/h6-9H2,1-5H3. The molecule has 2 nitrogen and oxygen atoms in total. The fourth-order valence-electron chi connectivity index (χ4n) is 1.05. The van der Waals surface area contributed by atoms with E-state index < -0.39 is 12.8 Å². The maximum absolute atomic E-state index is 12.0. The molecule has 0 N–H and O–H groups in total. The maximum atomic E-state index is 12.0. The molecule has 0 spiro atoms. The summed E-state index contributed by atoms with van der Waals surface area (Å²) in [5.41, 5.74) is -0.668. The lowest BCUT2D eigenvalue weighted by Gasteiger charge is -2.32. The summed E-state index contributed by atoms with van der Waals surface area (Å²) in [7, 11) is 0. The molecule has 0 aliphatic carbocycles. The predicted molar refractivity (Wildman–Crippen MR) is 61.0 cm³/mol. The molecule has 17 heavy (non-hydrogen) atoms. The van der Waals surface area contributed by atoms with Gasteiger partial charge < -0.3 is 9.47 Å². The van der Waals surface area contributed by atoms with Crippen molar-refractivity contribution in [3.05, 3.63) is 0 Å². The number of hydrogen-bond donors (Lipinski definition) is 0. The number of rotatable bonds is 6. The fraction of sp³-hybridized carbons (Fsp3) is 1.00. The average Bonchev–Trinajstić information content (AvgIpc) is 2.12. The van der Waals surface area contributed by atoms with Gasteiger partial charge in [-0.25, -0.2) is 0 Å². The molecule has 1 atom stereocenters. The molecule has 0 aromatic rings. The van der Waals surface area contributed by atoms with Gasteiger partial charge in [0.25, 0.3) is 0 Å². The molecule has 5 heteroatoms. The highest BCUT2D eigenvalue weighted by Gasteiger charge is 2.31. The Kier molecular flexibility index (Phi) is 5.94. The average molecular weight is 256 g/mol. The van der Waals surface area contributed by atoms with Crippen LogP contribution < -0.4 is 0 Å². The smallest absolute Gasteiger partial charge is 0.375 e. The highest BCUT2D eigenvalue weighted by molar-refractivity contribution is 4.74. The normalized spacial score (nSPS) is 16.9. The molecular weight excluding hydrogens is 233 g/mol. The van der Waals surface area contributed by atoms with Crippen LogP contribution in [0.15, 0.2) is 0 Å². The fourth-order valence-corrected chi connectivity index (χ4v) is 1.05. The Morgan fingerprint density at radius 3 is 1.76 bits per heavy atom. The summed E-state index contributed by atoms with van der Waals surface area (Å²) in [4.78, 5) is 0. The van der Waals surface area contributed by atoms with Gasteiger partial charge in [-0.2, -0.15) is 13.2 Å². The van der Waals surface area contributed by atoms with Crippen molar-refractivity contribution in [3.8, 4) is 0 Å². The topological polar surface area (TPSA) is 18.5 Å². The van der Waals surface area contributed by atoms with E-state index in [1.165, 1.54) is 0 Å². The first kappa shape index (κ1) is 16.7. The van der Waals surface area contributed by atoms with Crippen molar-refractivity contribution in [2.24, 2.45) is 5.41 Å². The second-order valence-corrected chi connectivity index (χ2v) is 5.67. The molecule has 0 bridgehead atoms. The van der Waals surface area contributed by atoms with Gasteiger partial charge in [0.15, 0.2) is 0 Å². The van der Waals surface area contributed by atoms with Crippen molar-refractivity contribution in [2.45, 2.75) is 52.8 Å². The van der Waals surface area contributed by atoms with Crippen LogP contribution in [-0.4, -0.2) is 31.6 Å². The third-order valence-electron chi connectivity index (χ3n) is 2.42. The van der Waals surface area contributed by atoms with E-state index in [2.05, 4.69) is 0 Å². The van der Waals surface area contributed by atoms with E-state index in [-0.39, 0.29) is 17.6 Å². The second-order valence-electron chi connectivity index (χ2n) is 5.67. The minimum Gasteiger partial charge on any atom is -0.375 e. The predicted octanol–water partition coefficient (Wildman–Crippen LogP) is 3.80. The second kappa shape index (κ2) is 6.05. The van der Waals surface area contributed by atoms with Gasteiger partial charge in [-0.05, 0) is 27.2 Å². The zero-order valence-corrected chi connectivity index (χ0v) is 11.3. The molecule has 0 fully saturated rings. The van der Waals surface area contributed by atoms with Crippen LogP contribution in [0.3, 0.4) is 0 Å². The van der Waals surface area contributed by atoms with E-state index in [9.17, 15) is 13.2 Å². The molecule has 0 aromatic heterocycles. The number of ether oxygens (including phenoxy) is 2. The molecule has 0 aromatic carbocycles. The lowest BCUT2D eigenvalue weighted by Crippen LogP contribution is -2.34. The van der Waals surface area contributed by atoms with Crippen molar-refractivity contribution in [3.63, 3.8) is 0 Å². The minimum absolute atomic E-state index is 0.0547. The molecule has 0 saturated heterocycles. The SMILES string of the molecule is CCC(C)(COCC(F)(F)F)COC(C)(C)C. The van der Waals surface area contributed by atoms with Gasteiger partial charge in [-0.15, -0.1) is 0 Å². The summed E-state index contributed by atoms with van der Waals surface area (Å²) in [5.74, 6) is 0. The van der Waals surface area contributed by atoms with Crippen LogP contribution >= 0.6 is 0 Å². The number of halogens is 3. The summed E-state index contributed by atoms with van der Waals surface area (Å²) in [6.45, 7) is 8.79. The van der Waals surface area contributed by atoms with Gasteiger partial charge in [-0.3, -0.25) is 0 Å². The van der Waals surface area contributed by atoms with Gasteiger partial charge in [-0.1, -0.05) is 13.8 Å². The van der Waals surface area contributed by atoms with E-state index in [0.717, 1.165) is 0 Å². The quantitative estimate of drug-likeness (QED) is 0.719. The van der Waals surface area contributed by atoms with Gasteiger partial charge in [0.05, 0.1) is 18.8 Å².